The molecule has 0 spiro atoms. The Morgan fingerprint density at radius 1 is 1.03 bits per heavy atom. The first-order valence-corrected chi connectivity index (χ1v) is 9.62. The summed E-state index contributed by atoms with van der Waals surface area (Å²) in [5.41, 5.74) is 0.494. The predicted octanol–water partition coefficient (Wildman–Crippen LogP) is 2.23. The molecule has 0 saturated heterocycles. The van der Waals surface area contributed by atoms with Crippen LogP contribution >= 0.6 is 47.0 Å². The van der Waals surface area contributed by atoms with E-state index < -0.39 is 21.8 Å². The van der Waals surface area contributed by atoms with Gasteiger partial charge in [-0.15, -0.1) is 0 Å². The Balaban J connectivity index is 1.92. The molecule has 0 heterocycles. The number of hydrogen-bond donors (Lipinski definition) is 3. The second-order valence-corrected chi connectivity index (χ2v) is 8.38. The van der Waals surface area contributed by atoms with E-state index in [0.29, 0.717) is 11.4 Å². The summed E-state index contributed by atoms with van der Waals surface area (Å²) in [6, 6.07) is 14.4. The Labute approximate surface area is 187 Å². The van der Waals surface area contributed by atoms with Crippen LogP contribution in [0.4, 0.5) is 5.69 Å². The number of para-hydroxylation sites is 1. The second-order valence-electron chi connectivity index (χ2n) is 5.61. The van der Waals surface area contributed by atoms with Crippen LogP contribution in [0, 0.1) is 0 Å². The molecular weight excluding hydrogens is 461 g/mol. The van der Waals surface area contributed by atoms with Gasteiger partial charge < -0.3 is 30.6 Å². The quantitative estimate of drug-likeness (QED) is 0.321. The van der Waals surface area contributed by atoms with Crippen LogP contribution in [0.5, 0.6) is 5.75 Å². The van der Waals surface area contributed by atoms with Gasteiger partial charge in [-0.2, -0.15) is 0 Å². The number of halogens is 3. The van der Waals surface area contributed by atoms with Crippen molar-refractivity contribution < 1.29 is 19.4 Å². The molecule has 0 aliphatic rings. The highest BCUT2D eigenvalue weighted by Gasteiger charge is 2.34. The zero-order chi connectivity index (χ0) is 21.4. The number of benzene rings is 2. The summed E-state index contributed by atoms with van der Waals surface area (Å²) in [5, 5.41) is 18.8. The first-order valence-electron chi connectivity index (χ1n) is 8.08. The third kappa shape index (κ3) is 7.94. The molecule has 2 rings (SSSR count). The average molecular weight is 476 g/mol. The highest BCUT2D eigenvalue weighted by molar-refractivity contribution is 7.80. The minimum atomic E-state index is -1.92. The van der Waals surface area contributed by atoms with Crippen LogP contribution < -0.4 is 25.8 Å². The largest absolute Gasteiger partial charge is 0.545 e. The normalized spacial score (nSPS) is 11.8. The fraction of sp³-hybridized carbons (Fsp3) is 0.167. The smallest absolute Gasteiger partial charge is 0.259 e. The van der Waals surface area contributed by atoms with Crippen molar-refractivity contribution >= 4 is 69.7 Å². The maximum Gasteiger partial charge on any atom is 0.259 e. The van der Waals surface area contributed by atoms with Crippen LogP contribution in [0.3, 0.4) is 0 Å². The van der Waals surface area contributed by atoms with Crippen molar-refractivity contribution in [3.8, 4) is 5.75 Å². The molecule has 1 atom stereocenters. The molecule has 0 unspecified atom stereocenters. The first-order chi connectivity index (χ1) is 13.6. The maximum atomic E-state index is 12.1. The second kappa shape index (κ2) is 10.5. The van der Waals surface area contributed by atoms with E-state index in [-0.39, 0.29) is 17.3 Å². The Bertz CT molecular complexity index is 861. The van der Waals surface area contributed by atoms with E-state index in [1.807, 2.05) is 6.07 Å². The van der Waals surface area contributed by atoms with E-state index in [9.17, 15) is 14.7 Å². The lowest BCUT2D eigenvalue weighted by molar-refractivity contribution is -0.255. The zero-order valence-electron chi connectivity index (χ0n) is 14.7. The fourth-order valence-corrected chi connectivity index (χ4v) is 2.62. The maximum absolute atomic E-state index is 12.1. The number of hydrogen-bond acceptors (Lipinski definition) is 5. The third-order valence-electron chi connectivity index (χ3n) is 3.40. The monoisotopic (exact) mass is 474 g/mol. The van der Waals surface area contributed by atoms with E-state index in [1.165, 1.54) is 24.3 Å². The number of carboxylic acid groups (broad SMARTS) is 1. The molecule has 2 aromatic rings. The van der Waals surface area contributed by atoms with Gasteiger partial charge in [0.05, 0.1) is 5.97 Å². The number of anilines is 1. The van der Waals surface area contributed by atoms with Crippen LogP contribution in [0.25, 0.3) is 0 Å². The molecule has 2 aromatic carbocycles. The lowest BCUT2D eigenvalue weighted by atomic mass is 10.2. The molecular formula is C18H15Cl3N3O4S-. The van der Waals surface area contributed by atoms with Gasteiger partial charge >= 0.3 is 0 Å². The molecule has 0 fully saturated rings. The van der Waals surface area contributed by atoms with Crippen molar-refractivity contribution in [1.82, 2.24) is 10.6 Å². The number of carbonyl (C=O) groups excluding carboxylic acids is 2. The Morgan fingerprint density at radius 3 is 2.21 bits per heavy atom. The molecule has 3 N–H and O–H groups in total. The van der Waals surface area contributed by atoms with Gasteiger partial charge in [0, 0.05) is 5.69 Å². The summed E-state index contributed by atoms with van der Waals surface area (Å²) >= 11 is 22.9. The standard InChI is InChI=1S/C18H16Cl3N3O4S/c19-18(20,21)16(23-14(25)10-28-13-4-2-1-3-5-13)24-17(29)22-12-8-6-11(7-9-12)15(26)27/h1-9,16H,10H2,(H,23,25)(H,26,27)(H2,22,24,29)/p-1/t16-/m0/s1. The molecule has 11 heteroatoms. The number of alkyl halides is 3. The highest BCUT2D eigenvalue weighted by Crippen LogP contribution is 2.29. The van der Waals surface area contributed by atoms with Crippen molar-refractivity contribution in [1.29, 1.82) is 0 Å². The van der Waals surface area contributed by atoms with E-state index in [1.54, 1.807) is 24.3 Å². The molecule has 0 aliphatic carbocycles. The van der Waals surface area contributed by atoms with Gasteiger partial charge in [0.1, 0.15) is 11.9 Å². The Morgan fingerprint density at radius 2 is 1.66 bits per heavy atom. The number of carboxylic acids is 1. The molecule has 154 valence electrons. The first kappa shape index (κ1) is 23.0. The number of aromatic carboxylic acids is 1. The van der Waals surface area contributed by atoms with Crippen molar-refractivity contribution in [2.75, 3.05) is 11.9 Å². The number of carbonyl (C=O) groups is 2. The SMILES string of the molecule is O=C(COc1ccccc1)N[C@@H](NC(=S)Nc1ccc(C(=O)[O-])cc1)C(Cl)(Cl)Cl. The molecule has 0 saturated carbocycles. The summed E-state index contributed by atoms with van der Waals surface area (Å²) in [4.78, 5) is 22.9. The van der Waals surface area contributed by atoms with Crippen LogP contribution in [-0.4, -0.2) is 33.6 Å². The molecule has 0 aromatic heterocycles. The minimum Gasteiger partial charge on any atom is -0.545 e. The van der Waals surface area contributed by atoms with E-state index in [0.717, 1.165) is 0 Å². The lowest BCUT2D eigenvalue weighted by Crippen LogP contribution is -2.56. The molecule has 1 amide bonds. The summed E-state index contributed by atoms with van der Waals surface area (Å²) in [5.74, 6) is -1.33. The van der Waals surface area contributed by atoms with Gasteiger partial charge in [0.2, 0.25) is 3.79 Å². The van der Waals surface area contributed by atoms with Gasteiger partial charge in [0.15, 0.2) is 11.7 Å². The summed E-state index contributed by atoms with van der Waals surface area (Å²) < 4.78 is 3.42. The van der Waals surface area contributed by atoms with Crippen LogP contribution in [0.1, 0.15) is 10.4 Å². The number of rotatable bonds is 7. The predicted molar refractivity (Wildman–Crippen MR) is 114 cm³/mol. The molecule has 0 aliphatic heterocycles. The summed E-state index contributed by atoms with van der Waals surface area (Å²) in [6.07, 6.45) is -1.16. The van der Waals surface area contributed by atoms with Crippen LogP contribution in [0.2, 0.25) is 0 Å². The molecule has 29 heavy (non-hydrogen) atoms. The summed E-state index contributed by atoms with van der Waals surface area (Å²) in [7, 11) is 0. The highest BCUT2D eigenvalue weighted by atomic mass is 35.6. The Hall–Kier alpha value is -2.26. The number of thiocarbonyl (C=S) groups is 1. The average Bonchev–Trinajstić information content (AvgIpc) is 2.66. The van der Waals surface area contributed by atoms with Crippen LogP contribution in [-0.2, 0) is 4.79 Å². The third-order valence-corrected chi connectivity index (χ3v) is 4.27. The van der Waals surface area contributed by atoms with Gasteiger partial charge in [-0.05, 0) is 42.0 Å². The van der Waals surface area contributed by atoms with E-state index >= 15 is 0 Å². The van der Waals surface area contributed by atoms with Crippen molar-refractivity contribution in [2.45, 2.75) is 9.96 Å². The van der Waals surface area contributed by atoms with Gasteiger partial charge in [-0.25, -0.2) is 0 Å². The number of nitrogens with one attached hydrogen (secondary N) is 3. The minimum absolute atomic E-state index is 0.0132. The fourth-order valence-electron chi connectivity index (χ4n) is 2.06. The summed E-state index contributed by atoms with van der Waals surface area (Å²) in [6.45, 7) is -0.298. The number of ether oxygens (including phenoxy) is 1. The number of amides is 1. The van der Waals surface area contributed by atoms with Gasteiger partial charge in [-0.3, -0.25) is 4.79 Å². The van der Waals surface area contributed by atoms with Crippen molar-refractivity contribution in [3.63, 3.8) is 0 Å². The molecule has 0 bridgehead atoms. The topological polar surface area (TPSA) is 103 Å². The zero-order valence-corrected chi connectivity index (χ0v) is 17.7. The lowest BCUT2D eigenvalue weighted by Gasteiger charge is -2.27. The van der Waals surface area contributed by atoms with Gasteiger partial charge in [-0.1, -0.05) is 65.1 Å². The van der Waals surface area contributed by atoms with Crippen molar-refractivity contribution in [3.05, 3.63) is 60.2 Å². The molecule has 0 radical (unpaired) electrons. The van der Waals surface area contributed by atoms with Gasteiger partial charge in [0.25, 0.3) is 5.91 Å². The van der Waals surface area contributed by atoms with Crippen LogP contribution in [0.15, 0.2) is 54.6 Å². The van der Waals surface area contributed by atoms with Crippen molar-refractivity contribution in [2.24, 2.45) is 0 Å². The Kier molecular flexibility index (Phi) is 8.33. The van der Waals surface area contributed by atoms with E-state index in [2.05, 4.69) is 16.0 Å². The van der Waals surface area contributed by atoms with E-state index in [4.69, 9.17) is 51.8 Å². The molecule has 7 nitrogen and oxygen atoms in total.